The lowest BCUT2D eigenvalue weighted by molar-refractivity contribution is -0.130. The van der Waals surface area contributed by atoms with E-state index in [1.54, 1.807) is 0 Å². The zero-order valence-corrected chi connectivity index (χ0v) is 13.9. The van der Waals surface area contributed by atoms with Crippen molar-refractivity contribution in [1.82, 2.24) is 10.2 Å². The number of carbonyl (C=O) groups excluding carboxylic acids is 1. The summed E-state index contributed by atoms with van der Waals surface area (Å²) in [4.78, 5) is 14.5. The molecule has 1 saturated heterocycles. The highest BCUT2D eigenvalue weighted by atomic mass is 35.5. The van der Waals surface area contributed by atoms with Crippen LogP contribution in [0, 0.1) is 5.92 Å². The maximum absolute atomic E-state index is 12.5. The first kappa shape index (κ1) is 16.3. The minimum absolute atomic E-state index is 0.0479. The molecule has 2 atom stereocenters. The molecule has 0 saturated carbocycles. The molecule has 1 heterocycles. The van der Waals surface area contributed by atoms with Gasteiger partial charge in [0.2, 0.25) is 5.91 Å². The van der Waals surface area contributed by atoms with Crippen LogP contribution in [0.5, 0.6) is 0 Å². The van der Waals surface area contributed by atoms with Gasteiger partial charge in [0.15, 0.2) is 0 Å². The van der Waals surface area contributed by atoms with Gasteiger partial charge in [0, 0.05) is 11.6 Å². The van der Waals surface area contributed by atoms with Crippen LogP contribution in [-0.4, -0.2) is 23.4 Å². The van der Waals surface area contributed by atoms with Gasteiger partial charge >= 0.3 is 0 Å². The van der Waals surface area contributed by atoms with Gasteiger partial charge in [-0.3, -0.25) is 10.1 Å². The fraction of sp³-hybridized carbons (Fsp3) is 0.588. The Morgan fingerprint density at radius 2 is 2.14 bits per heavy atom. The van der Waals surface area contributed by atoms with E-state index in [1.807, 2.05) is 36.1 Å². The second-order valence-corrected chi connectivity index (χ2v) is 6.59. The summed E-state index contributed by atoms with van der Waals surface area (Å²) in [5.74, 6) is 0.883. The van der Waals surface area contributed by atoms with Crippen molar-refractivity contribution in [3.63, 3.8) is 0 Å². The number of rotatable bonds is 6. The fourth-order valence-electron chi connectivity index (χ4n) is 2.83. The first-order valence-electron chi connectivity index (χ1n) is 7.85. The molecule has 1 N–H and O–H groups in total. The van der Waals surface area contributed by atoms with E-state index in [9.17, 15) is 4.79 Å². The number of hydrogen-bond donors (Lipinski definition) is 1. The standard InChI is InChI=1S/C17H25ClN2O/c1-4-15-17(21)20(10-6-7-12(2)3)16(19-15)13-8-5-9-14(18)11-13/h5,8-9,11-12,15-16,19H,4,6-7,10H2,1-3H3. The Bertz CT molecular complexity index is 489. The largest absolute Gasteiger partial charge is 0.322 e. The lowest BCUT2D eigenvalue weighted by Crippen LogP contribution is -2.32. The third-order valence-electron chi connectivity index (χ3n) is 4.01. The molecule has 116 valence electrons. The lowest BCUT2D eigenvalue weighted by atomic mass is 10.1. The van der Waals surface area contributed by atoms with Crippen LogP contribution in [0.25, 0.3) is 0 Å². The van der Waals surface area contributed by atoms with Gasteiger partial charge < -0.3 is 4.90 Å². The fourth-order valence-corrected chi connectivity index (χ4v) is 3.03. The van der Waals surface area contributed by atoms with E-state index in [2.05, 4.69) is 19.2 Å². The molecule has 1 aliphatic heterocycles. The summed E-state index contributed by atoms with van der Waals surface area (Å²) in [6.45, 7) is 7.28. The summed E-state index contributed by atoms with van der Waals surface area (Å²) in [7, 11) is 0. The minimum atomic E-state index is -0.0759. The molecule has 0 radical (unpaired) electrons. The van der Waals surface area contributed by atoms with E-state index in [0.717, 1.165) is 31.4 Å². The van der Waals surface area contributed by atoms with Gasteiger partial charge in [0.05, 0.1) is 6.04 Å². The van der Waals surface area contributed by atoms with Gasteiger partial charge in [-0.05, 0) is 42.9 Å². The highest BCUT2D eigenvalue weighted by Gasteiger charge is 2.38. The first-order chi connectivity index (χ1) is 10.0. The predicted molar refractivity (Wildman–Crippen MR) is 87.2 cm³/mol. The first-order valence-corrected chi connectivity index (χ1v) is 8.22. The average Bonchev–Trinajstić information content (AvgIpc) is 2.75. The highest BCUT2D eigenvalue weighted by molar-refractivity contribution is 6.30. The van der Waals surface area contributed by atoms with Gasteiger partial charge in [-0.2, -0.15) is 0 Å². The molecular weight excluding hydrogens is 284 g/mol. The maximum Gasteiger partial charge on any atom is 0.241 e. The number of amides is 1. The van der Waals surface area contributed by atoms with Crippen molar-refractivity contribution >= 4 is 17.5 Å². The second kappa shape index (κ2) is 7.28. The van der Waals surface area contributed by atoms with Crippen LogP contribution in [0.3, 0.4) is 0 Å². The van der Waals surface area contributed by atoms with Crippen LogP contribution in [0.1, 0.15) is 51.8 Å². The van der Waals surface area contributed by atoms with Crippen molar-refractivity contribution in [2.45, 2.75) is 52.2 Å². The van der Waals surface area contributed by atoms with E-state index in [4.69, 9.17) is 11.6 Å². The number of nitrogens with one attached hydrogen (secondary N) is 1. The zero-order chi connectivity index (χ0) is 15.4. The van der Waals surface area contributed by atoms with Gasteiger partial charge in [-0.15, -0.1) is 0 Å². The molecule has 1 amide bonds. The van der Waals surface area contributed by atoms with Crippen LogP contribution in [-0.2, 0) is 4.79 Å². The number of benzene rings is 1. The Morgan fingerprint density at radius 1 is 1.38 bits per heavy atom. The number of carbonyl (C=O) groups is 1. The summed E-state index contributed by atoms with van der Waals surface area (Å²) >= 11 is 6.09. The topological polar surface area (TPSA) is 32.3 Å². The number of hydrogen-bond acceptors (Lipinski definition) is 2. The van der Waals surface area contributed by atoms with Crippen LogP contribution in [0.15, 0.2) is 24.3 Å². The Hall–Kier alpha value is -1.06. The van der Waals surface area contributed by atoms with E-state index < -0.39 is 0 Å². The van der Waals surface area contributed by atoms with Crippen molar-refractivity contribution in [1.29, 1.82) is 0 Å². The molecule has 1 aromatic carbocycles. The molecule has 1 fully saturated rings. The number of halogens is 1. The maximum atomic E-state index is 12.5. The summed E-state index contributed by atoms with van der Waals surface area (Å²) in [6, 6.07) is 7.70. The predicted octanol–water partition coefficient (Wildman–Crippen LogP) is 3.99. The van der Waals surface area contributed by atoms with E-state index >= 15 is 0 Å². The summed E-state index contributed by atoms with van der Waals surface area (Å²) in [5, 5.41) is 4.15. The van der Waals surface area contributed by atoms with Gasteiger partial charge in [-0.25, -0.2) is 0 Å². The van der Waals surface area contributed by atoms with Crippen molar-refractivity contribution in [3.8, 4) is 0 Å². The Labute approximate surface area is 132 Å². The molecule has 0 spiro atoms. The Morgan fingerprint density at radius 3 is 2.76 bits per heavy atom. The van der Waals surface area contributed by atoms with Crippen molar-refractivity contribution in [3.05, 3.63) is 34.9 Å². The van der Waals surface area contributed by atoms with Gasteiger partial charge in [0.1, 0.15) is 6.17 Å². The molecule has 1 aromatic rings. The number of nitrogens with zero attached hydrogens (tertiary/aromatic N) is 1. The van der Waals surface area contributed by atoms with E-state index in [1.165, 1.54) is 0 Å². The van der Waals surface area contributed by atoms with Crippen LogP contribution in [0.2, 0.25) is 5.02 Å². The molecule has 0 aromatic heterocycles. The van der Waals surface area contributed by atoms with Crippen LogP contribution >= 0.6 is 11.6 Å². The Kier molecular flexibility index (Phi) is 5.65. The second-order valence-electron chi connectivity index (χ2n) is 6.15. The van der Waals surface area contributed by atoms with Gasteiger partial charge in [0.25, 0.3) is 0 Å². The Balaban J connectivity index is 2.14. The van der Waals surface area contributed by atoms with Crippen LogP contribution < -0.4 is 5.32 Å². The molecule has 0 aliphatic carbocycles. The van der Waals surface area contributed by atoms with Crippen LogP contribution in [0.4, 0.5) is 0 Å². The van der Waals surface area contributed by atoms with E-state index in [-0.39, 0.29) is 18.1 Å². The monoisotopic (exact) mass is 308 g/mol. The van der Waals surface area contributed by atoms with Gasteiger partial charge in [-0.1, -0.05) is 44.5 Å². The van der Waals surface area contributed by atoms with Crippen molar-refractivity contribution < 1.29 is 4.79 Å². The zero-order valence-electron chi connectivity index (χ0n) is 13.1. The average molecular weight is 309 g/mol. The molecule has 21 heavy (non-hydrogen) atoms. The van der Waals surface area contributed by atoms with E-state index in [0.29, 0.717) is 10.9 Å². The normalized spacial score (nSPS) is 22.3. The molecule has 0 bridgehead atoms. The van der Waals surface area contributed by atoms with Crippen molar-refractivity contribution in [2.24, 2.45) is 5.92 Å². The summed E-state index contributed by atoms with van der Waals surface area (Å²) in [6.07, 6.45) is 2.95. The molecular formula is C17H25ClN2O. The SMILES string of the molecule is CCC1NC(c2cccc(Cl)c2)N(CCCC(C)C)C1=O. The summed E-state index contributed by atoms with van der Waals surface area (Å²) in [5.41, 5.74) is 1.07. The molecule has 1 aliphatic rings. The minimum Gasteiger partial charge on any atom is -0.322 e. The molecule has 2 rings (SSSR count). The molecule has 2 unspecified atom stereocenters. The molecule has 4 heteroatoms. The van der Waals surface area contributed by atoms with Crippen molar-refractivity contribution in [2.75, 3.05) is 6.54 Å². The third-order valence-corrected chi connectivity index (χ3v) is 4.24. The smallest absolute Gasteiger partial charge is 0.241 e. The quantitative estimate of drug-likeness (QED) is 0.862. The lowest BCUT2D eigenvalue weighted by Gasteiger charge is -2.25. The highest BCUT2D eigenvalue weighted by Crippen LogP contribution is 2.28. The third kappa shape index (κ3) is 3.98. The summed E-state index contributed by atoms with van der Waals surface area (Å²) < 4.78 is 0. The molecule has 3 nitrogen and oxygen atoms in total.